The van der Waals surface area contributed by atoms with Crippen molar-refractivity contribution in [2.45, 2.75) is 32.6 Å². The van der Waals surface area contributed by atoms with E-state index in [1.165, 1.54) is 12.8 Å². The summed E-state index contributed by atoms with van der Waals surface area (Å²) in [5, 5.41) is 2.54. The van der Waals surface area contributed by atoms with Gasteiger partial charge in [0, 0.05) is 9.13 Å². The van der Waals surface area contributed by atoms with Crippen LogP contribution >= 0.6 is 34.8 Å². The summed E-state index contributed by atoms with van der Waals surface area (Å²) in [7, 11) is 0. The van der Waals surface area contributed by atoms with Crippen molar-refractivity contribution in [3.63, 3.8) is 0 Å². The Balaban J connectivity index is 1.76. The molecule has 154 valence electrons. The Morgan fingerprint density at radius 2 is 1.69 bits per heavy atom. The summed E-state index contributed by atoms with van der Waals surface area (Å²) in [5.41, 5.74) is 5.96. The maximum absolute atomic E-state index is 12.2. The van der Waals surface area contributed by atoms with Gasteiger partial charge in [-0.05, 0) is 77.6 Å². The van der Waals surface area contributed by atoms with Gasteiger partial charge < -0.3 is 4.74 Å². The minimum Gasteiger partial charge on any atom is -0.494 e. The van der Waals surface area contributed by atoms with Crippen molar-refractivity contribution in [1.29, 1.82) is 0 Å². The summed E-state index contributed by atoms with van der Waals surface area (Å²) in [6.07, 6.45) is 4.58. The molecule has 0 saturated carbocycles. The van der Waals surface area contributed by atoms with Crippen molar-refractivity contribution in [1.82, 2.24) is 16.2 Å². The number of benzene rings is 2. The Morgan fingerprint density at radius 1 is 0.966 bits per heavy atom. The van der Waals surface area contributed by atoms with Gasteiger partial charge in [-0.1, -0.05) is 38.3 Å². The number of nitrogens with one attached hydrogen (secondary N) is 3. The fourth-order valence-corrected chi connectivity index (χ4v) is 3.23. The molecule has 0 saturated heterocycles. The van der Waals surface area contributed by atoms with E-state index in [2.05, 4.69) is 45.7 Å². The van der Waals surface area contributed by atoms with Crippen molar-refractivity contribution in [3.8, 4) is 5.75 Å². The molecule has 0 unspecified atom stereocenters. The molecule has 8 heteroatoms. The highest BCUT2D eigenvalue weighted by atomic mass is 127. The Bertz CT molecular complexity index is 843. The third-order valence-corrected chi connectivity index (χ3v) is 5.16. The van der Waals surface area contributed by atoms with Crippen molar-refractivity contribution in [2.75, 3.05) is 6.61 Å². The molecule has 0 spiro atoms. The van der Waals surface area contributed by atoms with Gasteiger partial charge in [-0.25, -0.2) is 0 Å². The maximum atomic E-state index is 12.2. The summed E-state index contributed by atoms with van der Waals surface area (Å²) in [5.74, 6) is 0.0128. The number of hydrogen-bond donors (Lipinski definition) is 3. The standard InChI is InChI=1S/C21H24IN3O3S/c1-2-3-4-7-14-28-16-12-10-15(11-13-16)19(26)24-25-21(29)23-20(27)17-8-5-6-9-18(17)22/h5-6,8-13H,2-4,7,14H2,1H3,(H,24,26)(H2,23,25,27,29). The van der Waals surface area contributed by atoms with Gasteiger partial charge in [-0.15, -0.1) is 0 Å². The SMILES string of the molecule is CCCCCCOc1ccc(C(=O)NNC(=S)NC(=O)c2ccccc2I)cc1. The molecule has 0 aliphatic rings. The monoisotopic (exact) mass is 525 g/mol. The second kappa shape index (κ2) is 12.4. The first-order valence-electron chi connectivity index (χ1n) is 9.40. The van der Waals surface area contributed by atoms with Crippen LogP contribution in [0.1, 0.15) is 53.3 Å². The molecule has 0 aliphatic carbocycles. The fourth-order valence-electron chi connectivity index (χ4n) is 2.45. The van der Waals surface area contributed by atoms with E-state index < -0.39 is 0 Å². The number of carbonyl (C=O) groups excluding carboxylic acids is 2. The van der Waals surface area contributed by atoms with Crippen LogP contribution in [0, 0.1) is 3.57 Å². The van der Waals surface area contributed by atoms with E-state index in [0.717, 1.165) is 22.2 Å². The summed E-state index contributed by atoms with van der Waals surface area (Å²) >= 11 is 7.13. The van der Waals surface area contributed by atoms with E-state index in [1.54, 1.807) is 36.4 Å². The van der Waals surface area contributed by atoms with Crippen LogP contribution in [0.4, 0.5) is 0 Å². The summed E-state index contributed by atoms with van der Waals surface area (Å²) in [4.78, 5) is 24.4. The smallest absolute Gasteiger partial charge is 0.269 e. The molecule has 2 aromatic carbocycles. The van der Waals surface area contributed by atoms with E-state index in [-0.39, 0.29) is 16.9 Å². The van der Waals surface area contributed by atoms with Crippen LogP contribution in [0.3, 0.4) is 0 Å². The van der Waals surface area contributed by atoms with Gasteiger partial charge in [-0.3, -0.25) is 25.8 Å². The molecule has 29 heavy (non-hydrogen) atoms. The number of unbranched alkanes of at least 4 members (excludes halogenated alkanes) is 3. The highest BCUT2D eigenvalue weighted by Gasteiger charge is 2.12. The van der Waals surface area contributed by atoms with Crippen molar-refractivity contribution < 1.29 is 14.3 Å². The molecule has 0 aliphatic heterocycles. The molecular formula is C21H24IN3O3S. The molecular weight excluding hydrogens is 501 g/mol. The minimum absolute atomic E-state index is 0.00929. The molecule has 0 aromatic heterocycles. The summed E-state index contributed by atoms with van der Waals surface area (Å²) in [6, 6.07) is 14.0. The van der Waals surface area contributed by atoms with Crippen LogP contribution in [-0.2, 0) is 0 Å². The lowest BCUT2D eigenvalue weighted by Crippen LogP contribution is -2.48. The molecule has 0 atom stereocenters. The van der Waals surface area contributed by atoms with E-state index in [4.69, 9.17) is 17.0 Å². The van der Waals surface area contributed by atoms with Gasteiger partial charge in [0.1, 0.15) is 5.75 Å². The van der Waals surface area contributed by atoms with E-state index in [9.17, 15) is 9.59 Å². The third kappa shape index (κ3) is 7.98. The number of halogens is 1. The Morgan fingerprint density at radius 3 is 2.38 bits per heavy atom. The molecule has 0 fully saturated rings. The molecule has 6 nitrogen and oxygen atoms in total. The van der Waals surface area contributed by atoms with E-state index >= 15 is 0 Å². The second-order valence-corrected chi connectivity index (χ2v) is 7.85. The van der Waals surface area contributed by atoms with Crippen LogP contribution in [-0.4, -0.2) is 23.5 Å². The third-order valence-electron chi connectivity index (χ3n) is 4.02. The quantitative estimate of drug-likeness (QED) is 0.209. The Kier molecular flexibility index (Phi) is 9.85. The average molecular weight is 525 g/mol. The summed E-state index contributed by atoms with van der Waals surface area (Å²) in [6.45, 7) is 2.84. The zero-order chi connectivity index (χ0) is 21.1. The topological polar surface area (TPSA) is 79.5 Å². The lowest BCUT2D eigenvalue weighted by molar-refractivity contribution is 0.0934. The van der Waals surface area contributed by atoms with Crippen LogP contribution in [0.15, 0.2) is 48.5 Å². The first kappa shape index (κ1) is 23.1. The van der Waals surface area contributed by atoms with Crippen molar-refractivity contribution >= 4 is 51.7 Å². The largest absolute Gasteiger partial charge is 0.494 e. The molecule has 2 rings (SSSR count). The molecule has 0 bridgehead atoms. The molecule has 2 amide bonds. The van der Waals surface area contributed by atoms with E-state index in [0.29, 0.717) is 17.7 Å². The molecule has 0 heterocycles. The van der Waals surface area contributed by atoms with Crippen LogP contribution in [0.25, 0.3) is 0 Å². The van der Waals surface area contributed by atoms with Gasteiger partial charge in [0.05, 0.1) is 12.2 Å². The Hall–Kier alpha value is -2.20. The molecule has 3 N–H and O–H groups in total. The first-order valence-corrected chi connectivity index (χ1v) is 10.9. The number of thiocarbonyl (C=S) groups is 1. The zero-order valence-electron chi connectivity index (χ0n) is 16.2. The summed E-state index contributed by atoms with van der Waals surface area (Å²) < 4.78 is 6.47. The highest BCUT2D eigenvalue weighted by molar-refractivity contribution is 14.1. The highest BCUT2D eigenvalue weighted by Crippen LogP contribution is 2.13. The van der Waals surface area contributed by atoms with Gasteiger partial charge in [0.25, 0.3) is 11.8 Å². The minimum atomic E-state index is -0.370. The Labute approximate surface area is 189 Å². The van der Waals surface area contributed by atoms with Crippen LogP contribution in [0.5, 0.6) is 5.75 Å². The van der Waals surface area contributed by atoms with Crippen molar-refractivity contribution in [3.05, 3.63) is 63.2 Å². The predicted molar refractivity (Wildman–Crippen MR) is 126 cm³/mol. The van der Waals surface area contributed by atoms with Gasteiger partial charge in [0.2, 0.25) is 0 Å². The normalized spacial score (nSPS) is 10.1. The second-order valence-electron chi connectivity index (χ2n) is 6.28. The van der Waals surface area contributed by atoms with Gasteiger partial charge in [-0.2, -0.15) is 0 Å². The van der Waals surface area contributed by atoms with Gasteiger partial charge >= 0.3 is 0 Å². The molecule has 2 aromatic rings. The number of ether oxygens (including phenoxy) is 1. The predicted octanol–water partition coefficient (Wildman–Crippen LogP) is 4.20. The average Bonchev–Trinajstić information content (AvgIpc) is 2.72. The lowest BCUT2D eigenvalue weighted by Gasteiger charge is -2.12. The lowest BCUT2D eigenvalue weighted by atomic mass is 10.2. The number of hydrogen-bond acceptors (Lipinski definition) is 4. The first-order chi connectivity index (χ1) is 14.0. The van der Waals surface area contributed by atoms with E-state index in [1.807, 2.05) is 12.1 Å². The van der Waals surface area contributed by atoms with Crippen LogP contribution < -0.4 is 20.9 Å². The zero-order valence-corrected chi connectivity index (χ0v) is 19.1. The van der Waals surface area contributed by atoms with Crippen molar-refractivity contribution in [2.24, 2.45) is 0 Å². The maximum Gasteiger partial charge on any atom is 0.269 e. The number of rotatable bonds is 8. The van der Waals surface area contributed by atoms with Crippen LogP contribution in [0.2, 0.25) is 0 Å². The molecule has 0 radical (unpaired) electrons. The number of amides is 2. The van der Waals surface area contributed by atoms with Gasteiger partial charge in [0.15, 0.2) is 5.11 Å². The number of hydrazine groups is 1. The fraction of sp³-hybridized carbons (Fsp3) is 0.286. The number of carbonyl (C=O) groups is 2.